The van der Waals surface area contributed by atoms with Crippen LogP contribution in [-0.2, 0) is 20.7 Å². The molecule has 1 atom stereocenters. The van der Waals surface area contributed by atoms with Crippen LogP contribution in [0.15, 0.2) is 29.6 Å². The van der Waals surface area contributed by atoms with Gasteiger partial charge in [0.05, 0.1) is 6.07 Å². The first-order chi connectivity index (χ1) is 11.5. The molecular formula is C17H15FN2O3S. The third-order valence-corrected chi connectivity index (χ3v) is 4.27. The minimum absolute atomic E-state index is 0.0759. The molecule has 7 heteroatoms. The van der Waals surface area contributed by atoms with Crippen LogP contribution >= 0.6 is 11.3 Å². The molecular weight excluding hydrogens is 331 g/mol. The Balaban J connectivity index is 1.81. The highest BCUT2D eigenvalue weighted by atomic mass is 32.1. The van der Waals surface area contributed by atoms with Crippen LogP contribution in [0, 0.1) is 24.1 Å². The lowest BCUT2D eigenvalue weighted by Crippen LogP contribution is -2.20. The highest BCUT2D eigenvalue weighted by Gasteiger charge is 2.24. The van der Waals surface area contributed by atoms with E-state index in [2.05, 4.69) is 4.98 Å². The number of hydrogen-bond acceptors (Lipinski definition) is 6. The van der Waals surface area contributed by atoms with Crippen LogP contribution in [0.1, 0.15) is 28.6 Å². The van der Waals surface area contributed by atoms with Gasteiger partial charge in [0, 0.05) is 17.5 Å². The maximum Gasteiger partial charge on any atom is 0.306 e. The number of nitriles is 1. The summed E-state index contributed by atoms with van der Waals surface area (Å²) < 4.78 is 17.7. The lowest BCUT2D eigenvalue weighted by Gasteiger charge is -2.07. The Morgan fingerprint density at radius 1 is 1.38 bits per heavy atom. The quantitative estimate of drug-likeness (QED) is 0.720. The van der Waals surface area contributed by atoms with E-state index in [0.717, 1.165) is 11.3 Å². The molecule has 24 heavy (non-hydrogen) atoms. The molecule has 124 valence electrons. The normalized spacial score (nSPS) is 11.5. The van der Waals surface area contributed by atoms with Crippen molar-refractivity contribution in [2.24, 2.45) is 0 Å². The molecule has 0 aliphatic carbocycles. The van der Waals surface area contributed by atoms with Gasteiger partial charge in [-0.1, -0.05) is 12.1 Å². The summed E-state index contributed by atoms with van der Waals surface area (Å²) in [6.45, 7) is 1.31. The number of nitrogens with zero attached hydrogens (tertiary/aromatic N) is 2. The van der Waals surface area contributed by atoms with E-state index in [9.17, 15) is 14.0 Å². The molecule has 0 bridgehead atoms. The second kappa shape index (κ2) is 8.31. The standard InChI is InChI=1S/C17H15FN2O3S/c1-11-10-24-17(20-11)14(8-19)15(21)9-23-16(22)7-4-12-2-5-13(18)6-3-12/h2-3,5-6,10,14H,4,7,9H2,1H3/t14-/m0/s1. The van der Waals surface area contributed by atoms with E-state index in [1.165, 1.54) is 23.5 Å². The third kappa shape index (κ3) is 4.96. The molecule has 0 saturated heterocycles. The summed E-state index contributed by atoms with van der Waals surface area (Å²) in [6.07, 6.45) is 0.465. The van der Waals surface area contributed by atoms with Crippen LogP contribution in [0.4, 0.5) is 4.39 Å². The van der Waals surface area contributed by atoms with Gasteiger partial charge < -0.3 is 4.74 Å². The van der Waals surface area contributed by atoms with E-state index in [1.807, 2.05) is 6.07 Å². The zero-order chi connectivity index (χ0) is 17.5. The first-order valence-corrected chi connectivity index (χ1v) is 8.12. The summed E-state index contributed by atoms with van der Waals surface area (Å²) in [4.78, 5) is 27.8. The first-order valence-electron chi connectivity index (χ1n) is 7.24. The van der Waals surface area contributed by atoms with Crippen molar-refractivity contribution < 1.29 is 18.7 Å². The summed E-state index contributed by atoms with van der Waals surface area (Å²) in [6, 6.07) is 7.70. The fourth-order valence-electron chi connectivity index (χ4n) is 1.97. The molecule has 0 aliphatic heterocycles. The molecule has 1 aromatic carbocycles. The maximum absolute atomic E-state index is 12.8. The van der Waals surface area contributed by atoms with Gasteiger partial charge in [-0.05, 0) is 31.0 Å². The van der Waals surface area contributed by atoms with Crippen molar-refractivity contribution >= 4 is 23.1 Å². The summed E-state index contributed by atoms with van der Waals surface area (Å²) in [5.41, 5.74) is 1.53. The number of halogens is 1. The highest BCUT2D eigenvalue weighted by Crippen LogP contribution is 2.20. The lowest BCUT2D eigenvalue weighted by atomic mass is 10.1. The fraction of sp³-hybridized carbons (Fsp3) is 0.294. The number of aryl methyl sites for hydroxylation is 2. The number of benzene rings is 1. The number of esters is 1. The van der Waals surface area contributed by atoms with Gasteiger partial charge in [0.25, 0.3) is 0 Å². The molecule has 1 aromatic heterocycles. The Morgan fingerprint density at radius 2 is 2.08 bits per heavy atom. The Labute approximate surface area is 142 Å². The van der Waals surface area contributed by atoms with Crippen molar-refractivity contribution in [1.29, 1.82) is 5.26 Å². The Hall–Kier alpha value is -2.59. The zero-order valence-electron chi connectivity index (χ0n) is 13.0. The van der Waals surface area contributed by atoms with Crippen molar-refractivity contribution in [2.45, 2.75) is 25.7 Å². The number of rotatable bonds is 7. The summed E-state index contributed by atoms with van der Waals surface area (Å²) in [5, 5.41) is 11.3. The number of aromatic nitrogens is 1. The molecule has 5 nitrogen and oxygen atoms in total. The van der Waals surface area contributed by atoms with Crippen molar-refractivity contribution in [1.82, 2.24) is 4.98 Å². The van der Waals surface area contributed by atoms with Gasteiger partial charge in [0.15, 0.2) is 18.3 Å². The van der Waals surface area contributed by atoms with Gasteiger partial charge in [0.1, 0.15) is 10.8 Å². The monoisotopic (exact) mass is 346 g/mol. The number of hydrogen-bond donors (Lipinski definition) is 0. The average Bonchev–Trinajstić information content (AvgIpc) is 2.99. The SMILES string of the molecule is Cc1csc([C@@H](C#N)C(=O)COC(=O)CCc2ccc(F)cc2)n1. The molecule has 0 spiro atoms. The second-order valence-corrected chi connectivity index (χ2v) is 6.03. The molecule has 0 aliphatic rings. The molecule has 0 radical (unpaired) electrons. The molecule has 2 rings (SSSR count). The van der Waals surface area contributed by atoms with Crippen molar-refractivity contribution in [3.8, 4) is 6.07 Å². The Morgan fingerprint density at radius 3 is 2.67 bits per heavy atom. The van der Waals surface area contributed by atoms with Gasteiger partial charge in [-0.25, -0.2) is 9.37 Å². The predicted octanol–water partition coefficient (Wildman–Crippen LogP) is 2.94. The van der Waals surface area contributed by atoms with E-state index in [1.54, 1.807) is 24.4 Å². The number of ether oxygens (including phenoxy) is 1. The van der Waals surface area contributed by atoms with Gasteiger partial charge in [-0.3, -0.25) is 9.59 Å². The molecule has 0 fully saturated rings. The van der Waals surface area contributed by atoms with E-state index in [4.69, 9.17) is 10.00 Å². The van der Waals surface area contributed by atoms with E-state index < -0.39 is 24.3 Å². The molecule has 0 N–H and O–H groups in total. The van der Waals surface area contributed by atoms with Gasteiger partial charge in [-0.15, -0.1) is 11.3 Å². The molecule has 1 heterocycles. The zero-order valence-corrected chi connectivity index (χ0v) is 13.8. The van der Waals surface area contributed by atoms with Crippen molar-refractivity contribution in [3.63, 3.8) is 0 Å². The Kier molecular flexibility index (Phi) is 6.15. The maximum atomic E-state index is 12.8. The predicted molar refractivity (Wildman–Crippen MR) is 85.9 cm³/mol. The van der Waals surface area contributed by atoms with Gasteiger partial charge in [0.2, 0.25) is 0 Å². The summed E-state index contributed by atoms with van der Waals surface area (Å²) >= 11 is 1.23. The Bertz CT molecular complexity index is 765. The number of carbonyl (C=O) groups is 2. The van der Waals surface area contributed by atoms with Crippen LogP contribution in [0.25, 0.3) is 0 Å². The van der Waals surface area contributed by atoms with Gasteiger partial charge in [-0.2, -0.15) is 5.26 Å². The van der Waals surface area contributed by atoms with Crippen molar-refractivity contribution in [2.75, 3.05) is 6.61 Å². The second-order valence-electron chi connectivity index (χ2n) is 5.14. The van der Waals surface area contributed by atoms with Gasteiger partial charge >= 0.3 is 5.97 Å². The summed E-state index contributed by atoms with van der Waals surface area (Å²) in [5.74, 6) is -2.40. The summed E-state index contributed by atoms with van der Waals surface area (Å²) in [7, 11) is 0. The molecule has 0 unspecified atom stereocenters. The molecule has 0 saturated carbocycles. The van der Waals surface area contributed by atoms with Crippen molar-refractivity contribution in [3.05, 3.63) is 51.7 Å². The number of carbonyl (C=O) groups excluding carboxylic acids is 2. The smallest absolute Gasteiger partial charge is 0.306 e. The van der Waals surface area contributed by atoms with Crippen LogP contribution in [-0.4, -0.2) is 23.3 Å². The van der Waals surface area contributed by atoms with Crippen LogP contribution in [0.5, 0.6) is 0 Å². The number of thiazole rings is 1. The third-order valence-electron chi connectivity index (χ3n) is 3.24. The molecule has 2 aromatic rings. The van der Waals surface area contributed by atoms with E-state index in [-0.39, 0.29) is 12.2 Å². The van der Waals surface area contributed by atoms with Crippen LogP contribution in [0.3, 0.4) is 0 Å². The highest BCUT2D eigenvalue weighted by molar-refractivity contribution is 7.09. The average molecular weight is 346 g/mol. The van der Waals surface area contributed by atoms with E-state index >= 15 is 0 Å². The minimum atomic E-state index is -1.02. The number of Topliss-reactive ketones (excluding diaryl/α,β-unsaturated/α-hetero) is 1. The minimum Gasteiger partial charge on any atom is -0.458 e. The molecule has 0 amide bonds. The first kappa shape index (κ1) is 17.8. The lowest BCUT2D eigenvalue weighted by molar-refractivity contribution is -0.148. The van der Waals surface area contributed by atoms with Crippen LogP contribution in [0.2, 0.25) is 0 Å². The number of ketones is 1. The largest absolute Gasteiger partial charge is 0.458 e. The van der Waals surface area contributed by atoms with E-state index in [0.29, 0.717) is 11.4 Å². The fourth-order valence-corrected chi connectivity index (χ4v) is 2.84. The van der Waals surface area contributed by atoms with Crippen LogP contribution < -0.4 is 0 Å². The topological polar surface area (TPSA) is 80.0 Å².